The van der Waals surface area contributed by atoms with Crippen molar-refractivity contribution in [2.75, 3.05) is 7.05 Å². The topological polar surface area (TPSA) is 61.4 Å². The van der Waals surface area contributed by atoms with Gasteiger partial charge in [0, 0.05) is 12.6 Å². The fourth-order valence-corrected chi connectivity index (χ4v) is 2.90. The smallest absolute Gasteiger partial charge is 0.321 e. The Morgan fingerprint density at radius 3 is 2.46 bits per heavy atom. The van der Waals surface area contributed by atoms with Crippen LogP contribution in [0, 0.1) is 5.82 Å². The van der Waals surface area contributed by atoms with Crippen molar-refractivity contribution in [3.05, 3.63) is 35.6 Å². The first-order chi connectivity index (χ1) is 11.5. The summed E-state index contributed by atoms with van der Waals surface area (Å²) in [5.41, 5.74) is 0.908. The number of carbonyl (C=O) groups is 2. The van der Waals surface area contributed by atoms with E-state index in [4.69, 9.17) is 0 Å². The molecule has 24 heavy (non-hydrogen) atoms. The van der Waals surface area contributed by atoms with Gasteiger partial charge in [0.15, 0.2) is 0 Å². The Kier molecular flexibility index (Phi) is 6.73. The van der Waals surface area contributed by atoms with E-state index in [0.717, 1.165) is 31.2 Å². The highest BCUT2D eigenvalue weighted by atomic mass is 19.1. The van der Waals surface area contributed by atoms with Crippen molar-refractivity contribution in [3.8, 4) is 0 Å². The third-order valence-corrected chi connectivity index (χ3v) is 4.56. The second-order valence-electron chi connectivity index (χ2n) is 6.52. The van der Waals surface area contributed by atoms with E-state index >= 15 is 0 Å². The standard InChI is InChI=1S/C18H26FN3O2/c1-13(22(2)12-14-8-10-15(19)11-9-14)17(23)21-18(24)20-16-6-4-3-5-7-16/h8-11,13,16H,3-7,12H2,1-2H3,(H2,20,21,23,24). The summed E-state index contributed by atoms with van der Waals surface area (Å²) in [7, 11) is 1.80. The molecule has 2 rings (SSSR count). The molecule has 0 aromatic heterocycles. The first kappa shape index (κ1) is 18.4. The first-order valence-electron chi connectivity index (χ1n) is 8.51. The Bertz CT molecular complexity index is 556. The van der Waals surface area contributed by atoms with Crippen LogP contribution < -0.4 is 10.6 Å². The highest BCUT2D eigenvalue weighted by Crippen LogP contribution is 2.17. The van der Waals surface area contributed by atoms with E-state index in [1.54, 1.807) is 26.1 Å². The molecule has 5 nitrogen and oxygen atoms in total. The number of nitrogens with one attached hydrogen (secondary N) is 2. The fourth-order valence-electron chi connectivity index (χ4n) is 2.90. The summed E-state index contributed by atoms with van der Waals surface area (Å²) < 4.78 is 12.9. The van der Waals surface area contributed by atoms with Gasteiger partial charge >= 0.3 is 6.03 Å². The SMILES string of the molecule is CC(C(=O)NC(=O)NC1CCCCC1)N(C)Cc1ccc(F)cc1. The number of rotatable bonds is 5. The van der Waals surface area contributed by atoms with Crippen molar-refractivity contribution < 1.29 is 14.0 Å². The Morgan fingerprint density at radius 2 is 1.83 bits per heavy atom. The molecule has 1 fully saturated rings. The second-order valence-corrected chi connectivity index (χ2v) is 6.52. The van der Waals surface area contributed by atoms with Gasteiger partial charge in [-0.15, -0.1) is 0 Å². The summed E-state index contributed by atoms with van der Waals surface area (Å²) >= 11 is 0. The van der Waals surface area contributed by atoms with Crippen LogP contribution >= 0.6 is 0 Å². The van der Waals surface area contributed by atoms with E-state index in [-0.39, 0.29) is 17.8 Å². The number of hydrogen-bond acceptors (Lipinski definition) is 3. The van der Waals surface area contributed by atoms with E-state index in [9.17, 15) is 14.0 Å². The lowest BCUT2D eigenvalue weighted by molar-refractivity contribution is -0.124. The molecule has 0 saturated heterocycles. The molecule has 1 aromatic rings. The lowest BCUT2D eigenvalue weighted by Gasteiger charge is -2.25. The lowest BCUT2D eigenvalue weighted by atomic mass is 9.96. The molecule has 1 aromatic carbocycles. The summed E-state index contributed by atoms with van der Waals surface area (Å²) in [6.07, 6.45) is 5.40. The summed E-state index contributed by atoms with van der Waals surface area (Å²) in [6, 6.07) is 5.44. The van der Waals surface area contributed by atoms with Gasteiger partial charge in [-0.1, -0.05) is 31.4 Å². The zero-order chi connectivity index (χ0) is 17.5. The fraction of sp³-hybridized carbons (Fsp3) is 0.556. The Balaban J connectivity index is 1.79. The van der Waals surface area contributed by atoms with Crippen molar-refractivity contribution in [1.29, 1.82) is 0 Å². The lowest BCUT2D eigenvalue weighted by Crippen LogP contribution is -2.50. The molecule has 0 radical (unpaired) electrons. The minimum atomic E-state index is -0.466. The van der Waals surface area contributed by atoms with Crippen molar-refractivity contribution in [2.24, 2.45) is 0 Å². The number of likely N-dealkylation sites (N-methyl/N-ethyl adjacent to an activating group) is 1. The monoisotopic (exact) mass is 335 g/mol. The normalized spacial score (nSPS) is 16.7. The number of benzene rings is 1. The second kappa shape index (κ2) is 8.78. The average Bonchev–Trinajstić information content (AvgIpc) is 2.57. The van der Waals surface area contributed by atoms with Crippen molar-refractivity contribution in [1.82, 2.24) is 15.5 Å². The zero-order valence-electron chi connectivity index (χ0n) is 14.3. The molecule has 1 saturated carbocycles. The van der Waals surface area contributed by atoms with Crippen molar-refractivity contribution >= 4 is 11.9 Å². The minimum Gasteiger partial charge on any atom is -0.335 e. The van der Waals surface area contributed by atoms with Gasteiger partial charge in [-0.2, -0.15) is 0 Å². The molecule has 1 unspecified atom stereocenters. The van der Waals surface area contributed by atoms with Crippen LogP contribution in [-0.2, 0) is 11.3 Å². The Labute approximate surface area is 142 Å². The molecule has 1 atom stereocenters. The molecule has 6 heteroatoms. The highest BCUT2D eigenvalue weighted by molar-refractivity contribution is 5.96. The van der Waals surface area contributed by atoms with E-state index < -0.39 is 12.1 Å². The molecule has 1 aliphatic carbocycles. The van der Waals surface area contributed by atoms with E-state index in [0.29, 0.717) is 6.54 Å². The van der Waals surface area contributed by atoms with Gasteiger partial charge in [0.25, 0.3) is 0 Å². The Morgan fingerprint density at radius 1 is 1.21 bits per heavy atom. The van der Waals surface area contributed by atoms with Crippen molar-refractivity contribution in [3.63, 3.8) is 0 Å². The van der Waals surface area contributed by atoms with Gasteiger partial charge < -0.3 is 5.32 Å². The van der Waals surface area contributed by atoms with Crippen LogP contribution in [0.3, 0.4) is 0 Å². The number of urea groups is 1. The molecule has 0 bridgehead atoms. The number of amides is 3. The number of carbonyl (C=O) groups excluding carboxylic acids is 2. The predicted octanol–water partition coefficient (Wildman–Crippen LogP) is 2.80. The molecular weight excluding hydrogens is 309 g/mol. The van der Waals surface area contributed by atoms with Crippen LogP contribution in [0.4, 0.5) is 9.18 Å². The summed E-state index contributed by atoms with van der Waals surface area (Å²) in [5, 5.41) is 5.28. The van der Waals surface area contributed by atoms with Crippen molar-refractivity contribution in [2.45, 2.75) is 57.7 Å². The summed E-state index contributed by atoms with van der Waals surface area (Å²) in [5.74, 6) is -0.625. The van der Waals surface area contributed by atoms with Crippen LogP contribution in [0.2, 0.25) is 0 Å². The molecule has 0 spiro atoms. The molecule has 2 N–H and O–H groups in total. The van der Waals surface area contributed by atoms with E-state index in [2.05, 4.69) is 10.6 Å². The predicted molar refractivity (Wildman–Crippen MR) is 90.9 cm³/mol. The van der Waals surface area contributed by atoms with E-state index in [1.807, 2.05) is 4.90 Å². The number of hydrogen-bond donors (Lipinski definition) is 2. The number of imide groups is 1. The van der Waals surface area contributed by atoms with Gasteiger partial charge in [-0.3, -0.25) is 15.0 Å². The molecule has 0 aliphatic heterocycles. The molecule has 1 aliphatic rings. The van der Waals surface area contributed by atoms with Gasteiger partial charge in [0.2, 0.25) is 5.91 Å². The maximum atomic E-state index is 12.9. The third kappa shape index (κ3) is 5.60. The average molecular weight is 335 g/mol. The molecular formula is C18H26FN3O2. The molecule has 3 amide bonds. The van der Waals surface area contributed by atoms with Gasteiger partial charge in [0.1, 0.15) is 5.82 Å². The van der Waals surface area contributed by atoms with Gasteiger partial charge in [-0.25, -0.2) is 9.18 Å². The first-order valence-corrected chi connectivity index (χ1v) is 8.51. The largest absolute Gasteiger partial charge is 0.335 e. The molecule has 132 valence electrons. The molecule has 0 heterocycles. The third-order valence-electron chi connectivity index (χ3n) is 4.56. The summed E-state index contributed by atoms with van der Waals surface area (Å²) in [6.45, 7) is 2.24. The minimum absolute atomic E-state index is 0.166. The van der Waals surface area contributed by atoms with Gasteiger partial charge in [-0.05, 0) is 44.5 Å². The van der Waals surface area contributed by atoms with Crippen LogP contribution in [-0.4, -0.2) is 36.0 Å². The van der Waals surface area contributed by atoms with Crippen LogP contribution in [0.1, 0.15) is 44.6 Å². The Hall–Kier alpha value is -1.95. The highest BCUT2D eigenvalue weighted by Gasteiger charge is 2.22. The zero-order valence-corrected chi connectivity index (χ0v) is 14.3. The summed E-state index contributed by atoms with van der Waals surface area (Å²) in [4.78, 5) is 26.0. The van der Waals surface area contributed by atoms with E-state index in [1.165, 1.54) is 18.6 Å². The van der Waals surface area contributed by atoms with Gasteiger partial charge in [0.05, 0.1) is 6.04 Å². The maximum Gasteiger partial charge on any atom is 0.321 e. The maximum absolute atomic E-state index is 12.9. The van der Waals surface area contributed by atoms with Crippen LogP contribution in [0.5, 0.6) is 0 Å². The quantitative estimate of drug-likeness (QED) is 0.870. The number of halogens is 1. The van der Waals surface area contributed by atoms with Crippen LogP contribution in [0.15, 0.2) is 24.3 Å². The number of nitrogens with zero attached hydrogens (tertiary/aromatic N) is 1. The van der Waals surface area contributed by atoms with Crippen LogP contribution in [0.25, 0.3) is 0 Å².